The molecule has 2 N–H and O–H groups in total. The second-order valence-corrected chi connectivity index (χ2v) is 5.87. The highest BCUT2D eigenvalue weighted by Crippen LogP contribution is 2.25. The van der Waals surface area contributed by atoms with E-state index < -0.39 is 6.04 Å². The van der Waals surface area contributed by atoms with Crippen molar-refractivity contribution >= 4 is 17.9 Å². The van der Waals surface area contributed by atoms with Crippen LogP contribution < -0.4 is 20.1 Å². The van der Waals surface area contributed by atoms with Crippen LogP contribution >= 0.6 is 0 Å². The molecule has 0 bridgehead atoms. The van der Waals surface area contributed by atoms with Gasteiger partial charge in [-0.25, -0.2) is 0 Å². The number of benzene rings is 2. The molecule has 0 aliphatic heterocycles. The Morgan fingerprint density at radius 2 is 1.81 bits per heavy atom. The number of methoxy groups -OCH3 is 2. The Balaban J connectivity index is 1.88. The van der Waals surface area contributed by atoms with Crippen LogP contribution in [-0.2, 0) is 16.1 Å². The van der Waals surface area contributed by atoms with Crippen molar-refractivity contribution in [3.8, 4) is 11.5 Å². The minimum Gasteiger partial charge on any atom is -0.497 e. The Labute approximate surface area is 159 Å². The summed E-state index contributed by atoms with van der Waals surface area (Å²) in [6.45, 7) is 2.05. The summed E-state index contributed by atoms with van der Waals surface area (Å²) in [5, 5.41) is 5.44. The van der Waals surface area contributed by atoms with Crippen molar-refractivity contribution < 1.29 is 19.1 Å². The van der Waals surface area contributed by atoms with Crippen LogP contribution in [0.15, 0.2) is 54.6 Å². The molecule has 0 fully saturated rings. The summed E-state index contributed by atoms with van der Waals surface area (Å²) >= 11 is 0. The Morgan fingerprint density at radius 3 is 2.48 bits per heavy atom. The van der Waals surface area contributed by atoms with E-state index in [-0.39, 0.29) is 11.8 Å². The number of hydrogen-bond donors (Lipinski definition) is 2. The maximum Gasteiger partial charge on any atom is 0.244 e. The monoisotopic (exact) mass is 368 g/mol. The van der Waals surface area contributed by atoms with Gasteiger partial charge in [-0.1, -0.05) is 30.3 Å². The van der Waals surface area contributed by atoms with Crippen molar-refractivity contribution in [2.45, 2.75) is 19.5 Å². The number of ether oxygens (including phenoxy) is 2. The zero-order valence-electron chi connectivity index (χ0n) is 15.7. The van der Waals surface area contributed by atoms with E-state index >= 15 is 0 Å². The molecule has 0 aromatic heterocycles. The fraction of sp³-hybridized carbons (Fsp3) is 0.238. The first-order valence-electron chi connectivity index (χ1n) is 8.55. The van der Waals surface area contributed by atoms with E-state index in [0.717, 1.165) is 11.1 Å². The second kappa shape index (κ2) is 10.0. The van der Waals surface area contributed by atoms with Crippen LogP contribution in [0.1, 0.15) is 18.1 Å². The van der Waals surface area contributed by atoms with Gasteiger partial charge in [0.15, 0.2) is 0 Å². The normalized spacial score (nSPS) is 11.7. The number of nitrogens with one attached hydrogen (secondary N) is 2. The van der Waals surface area contributed by atoms with Crippen LogP contribution in [0.4, 0.5) is 0 Å². The van der Waals surface area contributed by atoms with Crippen LogP contribution in [0.25, 0.3) is 6.08 Å². The maximum atomic E-state index is 12.1. The topological polar surface area (TPSA) is 76.7 Å². The Morgan fingerprint density at radius 1 is 1.07 bits per heavy atom. The second-order valence-electron chi connectivity index (χ2n) is 5.87. The van der Waals surface area contributed by atoms with E-state index in [4.69, 9.17) is 9.47 Å². The fourth-order valence-electron chi connectivity index (χ4n) is 2.39. The molecule has 2 aromatic rings. The Bertz CT molecular complexity index is 803. The third-order valence-corrected chi connectivity index (χ3v) is 3.92. The minimum atomic E-state index is -0.649. The molecule has 2 amide bonds. The van der Waals surface area contributed by atoms with Crippen molar-refractivity contribution in [2.24, 2.45) is 0 Å². The average molecular weight is 368 g/mol. The number of rotatable bonds is 8. The summed E-state index contributed by atoms with van der Waals surface area (Å²) in [5.41, 5.74) is 1.73. The molecule has 0 saturated carbocycles. The van der Waals surface area contributed by atoms with E-state index in [1.54, 1.807) is 45.4 Å². The highest BCUT2D eigenvalue weighted by atomic mass is 16.5. The van der Waals surface area contributed by atoms with Crippen molar-refractivity contribution in [3.63, 3.8) is 0 Å². The SMILES string of the molecule is COc1ccc(/C=C/C(=O)NC(C)C(=O)NCc2ccccc2)c(OC)c1. The lowest BCUT2D eigenvalue weighted by atomic mass is 10.1. The largest absolute Gasteiger partial charge is 0.497 e. The van der Waals surface area contributed by atoms with Crippen molar-refractivity contribution in [1.82, 2.24) is 10.6 Å². The molecule has 0 spiro atoms. The standard InChI is InChI=1S/C21H24N2O4/c1-15(21(25)22-14-16-7-5-4-6-8-16)23-20(24)12-10-17-9-11-18(26-2)13-19(17)27-3/h4-13,15H,14H2,1-3H3,(H,22,25)(H,23,24)/b12-10+. The van der Waals surface area contributed by atoms with Crippen molar-refractivity contribution in [2.75, 3.05) is 14.2 Å². The Hall–Kier alpha value is -3.28. The van der Waals surface area contributed by atoms with Gasteiger partial charge in [0.1, 0.15) is 17.5 Å². The van der Waals surface area contributed by atoms with Gasteiger partial charge in [0, 0.05) is 24.3 Å². The van der Waals surface area contributed by atoms with Gasteiger partial charge in [-0.05, 0) is 30.7 Å². The van der Waals surface area contributed by atoms with Gasteiger partial charge in [0.25, 0.3) is 0 Å². The number of carbonyl (C=O) groups is 2. The minimum absolute atomic E-state index is 0.248. The van der Waals surface area contributed by atoms with Crippen LogP contribution in [0.2, 0.25) is 0 Å². The summed E-state index contributed by atoms with van der Waals surface area (Å²) in [4.78, 5) is 24.2. The lowest BCUT2D eigenvalue weighted by Crippen LogP contribution is -2.44. The fourth-order valence-corrected chi connectivity index (χ4v) is 2.39. The van der Waals surface area contributed by atoms with Gasteiger partial charge >= 0.3 is 0 Å². The first kappa shape index (κ1) is 20.0. The molecule has 1 atom stereocenters. The molecule has 1 unspecified atom stereocenters. The van der Waals surface area contributed by atoms with Gasteiger partial charge in [0.05, 0.1) is 14.2 Å². The predicted molar refractivity (Wildman–Crippen MR) is 104 cm³/mol. The quantitative estimate of drug-likeness (QED) is 0.702. The average Bonchev–Trinajstić information content (AvgIpc) is 2.70. The van der Waals surface area contributed by atoms with Crippen molar-refractivity contribution in [3.05, 3.63) is 65.7 Å². The molecule has 0 saturated heterocycles. The molecule has 27 heavy (non-hydrogen) atoms. The van der Waals surface area contributed by atoms with Gasteiger partial charge in [-0.3, -0.25) is 9.59 Å². The molecule has 2 rings (SSSR count). The summed E-state index contributed by atoms with van der Waals surface area (Å²) in [7, 11) is 3.12. The van der Waals surface area contributed by atoms with Crippen LogP contribution in [0.5, 0.6) is 11.5 Å². The van der Waals surface area contributed by atoms with E-state index in [1.165, 1.54) is 6.08 Å². The molecule has 142 valence electrons. The van der Waals surface area contributed by atoms with Crippen LogP contribution in [0, 0.1) is 0 Å². The lowest BCUT2D eigenvalue weighted by molar-refractivity contribution is -0.126. The van der Waals surface area contributed by atoms with Gasteiger partial charge in [0.2, 0.25) is 11.8 Å². The zero-order chi connectivity index (χ0) is 19.6. The molecule has 0 aliphatic carbocycles. The molecular formula is C21H24N2O4. The molecule has 0 heterocycles. The smallest absolute Gasteiger partial charge is 0.244 e. The summed E-state index contributed by atoms with van der Waals surface area (Å²) in [6.07, 6.45) is 2.99. The predicted octanol–water partition coefficient (Wildman–Crippen LogP) is 2.54. The van der Waals surface area contributed by atoms with Crippen LogP contribution in [-0.4, -0.2) is 32.1 Å². The zero-order valence-corrected chi connectivity index (χ0v) is 15.7. The third-order valence-electron chi connectivity index (χ3n) is 3.92. The third kappa shape index (κ3) is 6.18. The molecule has 6 nitrogen and oxygen atoms in total. The van der Waals surface area contributed by atoms with E-state index in [9.17, 15) is 9.59 Å². The summed E-state index contributed by atoms with van der Waals surface area (Å²) in [5.74, 6) is 0.641. The van der Waals surface area contributed by atoms with Crippen LogP contribution in [0.3, 0.4) is 0 Å². The first-order chi connectivity index (χ1) is 13.0. The molecular weight excluding hydrogens is 344 g/mol. The van der Waals surface area contributed by atoms with E-state index in [2.05, 4.69) is 10.6 Å². The van der Waals surface area contributed by atoms with Gasteiger partial charge in [-0.2, -0.15) is 0 Å². The highest BCUT2D eigenvalue weighted by Gasteiger charge is 2.14. The summed E-state index contributed by atoms with van der Waals surface area (Å²) in [6, 6.07) is 14.2. The molecule has 6 heteroatoms. The first-order valence-corrected chi connectivity index (χ1v) is 8.55. The number of hydrogen-bond acceptors (Lipinski definition) is 4. The number of carbonyl (C=O) groups excluding carboxylic acids is 2. The molecule has 0 radical (unpaired) electrons. The maximum absolute atomic E-state index is 12.1. The molecule has 2 aromatic carbocycles. The van der Waals surface area contributed by atoms with Crippen molar-refractivity contribution in [1.29, 1.82) is 0 Å². The van der Waals surface area contributed by atoms with E-state index in [1.807, 2.05) is 30.3 Å². The Kier molecular flexibility index (Phi) is 7.43. The number of amides is 2. The molecule has 0 aliphatic rings. The lowest BCUT2D eigenvalue weighted by Gasteiger charge is -2.13. The summed E-state index contributed by atoms with van der Waals surface area (Å²) < 4.78 is 10.4. The highest BCUT2D eigenvalue weighted by molar-refractivity contribution is 5.95. The van der Waals surface area contributed by atoms with E-state index in [0.29, 0.717) is 18.0 Å². The van der Waals surface area contributed by atoms with Gasteiger partial charge in [-0.15, -0.1) is 0 Å². The van der Waals surface area contributed by atoms with Gasteiger partial charge < -0.3 is 20.1 Å².